The van der Waals surface area contributed by atoms with Crippen molar-refractivity contribution in [1.82, 2.24) is 9.66 Å². The monoisotopic (exact) mass is 478 g/mol. The maximum atomic E-state index is 13.3. The topological polar surface area (TPSA) is 104 Å². The molecule has 162 valence electrons. The van der Waals surface area contributed by atoms with Gasteiger partial charge in [0.05, 0.1) is 27.1 Å². The van der Waals surface area contributed by atoms with Crippen LogP contribution in [0, 0.1) is 10.1 Å². The lowest BCUT2D eigenvalue weighted by Crippen LogP contribution is -2.20. The Morgan fingerprint density at radius 1 is 1.06 bits per heavy atom. The highest BCUT2D eigenvalue weighted by atomic mass is 35.5. The average Bonchev–Trinajstić information content (AvgIpc) is 3.22. The highest BCUT2D eigenvalue weighted by Crippen LogP contribution is 2.29. The van der Waals surface area contributed by atoms with Gasteiger partial charge in [-0.1, -0.05) is 35.3 Å². The Labute approximate surface area is 195 Å². The Kier molecular flexibility index (Phi) is 5.16. The summed E-state index contributed by atoms with van der Waals surface area (Å²) in [5.74, 6) is 0.502. The van der Waals surface area contributed by atoms with Crippen molar-refractivity contribution in [2.24, 2.45) is 5.10 Å². The molecule has 0 aliphatic rings. The van der Waals surface area contributed by atoms with Crippen LogP contribution in [0.5, 0.6) is 0 Å². The van der Waals surface area contributed by atoms with Crippen LogP contribution in [-0.2, 0) is 0 Å². The van der Waals surface area contributed by atoms with Gasteiger partial charge in [0.15, 0.2) is 5.76 Å². The van der Waals surface area contributed by atoms with Crippen molar-refractivity contribution in [2.45, 2.75) is 0 Å². The molecule has 3 aromatic carbocycles. The van der Waals surface area contributed by atoms with Crippen molar-refractivity contribution in [2.75, 3.05) is 0 Å². The van der Waals surface area contributed by atoms with E-state index in [4.69, 9.17) is 27.6 Å². The Morgan fingerprint density at radius 3 is 2.67 bits per heavy atom. The van der Waals surface area contributed by atoms with Crippen LogP contribution in [0.3, 0.4) is 0 Å². The molecule has 2 aromatic heterocycles. The first-order chi connectivity index (χ1) is 15.9. The second-order valence-corrected chi connectivity index (χ2v) is 7.91. The molecule has 0 aliphatic heterocycles. The van der Waals surface area contributed by atoms with Gasteiger partial charge in [0.25, 0.3) is 11.2 Å². The summed E-state index contributed by atoms with van der Waals surface area (Å²) in [5.41, 5.74) is 0.887. The van der Waals surface area contributed by atoms with E-state index in [0.29, 0.717) is 32.8 Å². The molecule has 0 bridgehead atoms. The quantitative estimate of drug-likeness (QED) is 0.181. The molecule has 2 heterocycles. The molecule has 0 saturated heterocycles. The van der Waals surface area contributed by atoms with Crippen LogP contribution in [0.1, 0.15) is 5.56 Å². The number of furan rings is 1. The van der Waals surface area contributed by atoms with Gasteiger partial charge < -0.3 is 4.42 Å². The number of nitrogens with zero attached hydrogens (tertiary/aromatic N) is 4. The molecule has 0 spiro atoms. The minimum absolute atomic E-state index is 0.120. The van der Waals surface area contributed by atoms with Gasteiger partial charge in [-0.3, -0.25) is 14.9 Å². The minimum Gasteiger partial charge on any atom is -0.453 e. The van der Waals surface area contributed by atoms with Crippen LogP contribution >= 0.6 is 23.2 Å². The number of non-ortho nitro benzene ring substituents is 1. The van der Waals surface area contributed by atoms with Crippen LogP contribution in [0.25, 0.3) is 33.5 Å². The molecule has 0 atom stereocenters. The van der Waals surface area contributed by atoms with Crippen molar-refractivity contribution in [3.05, 3.63) is 103 Å². The first-order valence-corrected chi connectivity index (χ1v) is 10.4. The normalized spacial score (nSPS) is 11.6. The number of hydrogen-bond donors (Lipinski definition) is 0. The highest BCUT2D eigenvalue weighted by molar-refractivity contribution is 6.33. The van der Waals surface area contributed by atoms with Gasteiger partial charge in [0.1, 0.15) is 5.58 Å². The number of hydrogen-bond acceptors (Lipinski definition) is 6. The van der Waals surface area contributed by atoms with Crippen LogP contribution in [-0.4, -0.2) is 20.8 Å². The molecule has 0 saturated carbocycles. The molecule has 8 nitrogen and oxygen atoms in total. The molecular formula is C23H12Cl2N4O4. The molecule has 0 amide bonds. The minimum atomic E-state index is -0.545. The fourth-order valence-electron chi connectivity index (χ4n) is 3.37. The van der Waals surface area contributed by atoms with E-state index < -0.39 is 10.5 Å². The summed E-state index contributed by atoms with van der Waals surface area (Å²) < 4.78 is 7.03. The fourth-order valence-corrected chi connectivity index (χ4v) is 3.77. The number of fused-ring (bicyclic) bond motifs is 2. The second kappa shape index (κ2) is 8.16. The predicted octanol–water partition coefficient (Wildman–Crippen LogP) is 5.91. The van der Waals surface area contributed by atoms with E-state index in [1.54, 1.807) is 48.5 Å². The lowest BCUT2D eigenvalue weighted by molar-refractivity contribution is -0.384. The summed E-state index contributed by atoms with van der Waals surface area (Å²) >= 11 is 12.3. The number of para-hydroxylation sites is 1. The van der Waals surface area contributed by atoms with Crippen molar-refractivity contribution < 1.29 is 9.34 Å². The van der Waals surface area contributed by atoms with E-state index in [9.17, 15) is 14.9 Å². The zero-order valence-corrected chi connectivity index (χ0v) is 18.1. The van der Waals surface area contributed by atoms with Crippen molar-refractivity contribution in [1.29, 1.82) is 0 Å². The molecular weight excluding hydrogens is 467 g/mol. The Bertz CT molecular complexity index is 1660. The predicted molar refractivity (Wildman–Crippen MR) is 127 cm³/mol. The SMILES string of the molecule is O=c1c2ccccc2nc(-c2cc3cc(Cl)ccc3o2)n1N=Cc1ccc([N+](=O)[O-])cc1Cl. The van der Waals surface area contributed by atoms with E-state index in [2.05, 4.69) is 10.1 Å². The van der Waals surface area contributed by atoms with Crippen molar-refractivity contribution in [3.8, 4) is 11.6 Å². The maximum absolute atomic E-state index is 13.3. The Balaban J connectivity index is 1.70. The average molecular weight is 479 g/mol. The molecule has 0 fully saturated rings. The van der Waals surface area contributed by atoms with Crippen molar-refractivity contribution in [3.63, 3.8) is 0 Å². The molecule has 0 N–H and O–H groups in total. The largest absolute Gasteiger partial charge is 0.453 e. The summed E-state index contributed by atoms with van der Waals surface area (Å²) in [4.78, 5) is 28.3. The molecule has 0 unspecified atom stereocenters. The van der Waals surface area contributed by atoms with Gasteiger partial charge in [0.2, 0.25) is 5.82 Å². The Morgan fingerprint density at radius 2 is 1.88 bits per heavy atom. The standard InChI is InChI=1S/C23H12Cl2N4O4/c24-15-6-8-20-14(9-15)10-21(33-20)22-27-19-4-2-1-3-17(19)23(30)28(22)26-12-13-5-7-16(29(31)32)11-18(13)25/h1-12H. The van der Waals surface area contributed by atoms with E-state index in [-0.39, 0.29) is 16.5 Å². The number of nitro groups is 1. The molecule has 0 aliphatic carbocycles. The second-order valence-electron chi connectivity index (χ2n) is 7.07. The number of benzene rings is 3. The van der Waals surface area contributed by atoms with Gasteiger partial charge in [0, 0.05) is 28.1 Å². The zero-order valence-electron chi connectivity index (χ0n) is 16.6. The lowest BCUT2D eigenvalue weighted by Gasteiger charge is -2.07. The molecule has 5 aromatic rings. The Hall–Kier alpha value is -4.01. The first kappa shape index (κ1) is 20.9. The molecule has 33 heavy (non-hydrogen) atoms. The molecule has 10 heteroatoms. The highest BCUT2D eigenvalue weighted by Gasteiger charge is 2.17. The van der Waals surface area contributed by atoms with E-state index in [1.807, 2.05) is 0 Å². The summed E-state index contributed by atoms with van der Waals surface area (Å²) in [6, 6.07) is 17.8. The summed E-state index contributed by atoms with van der Waals surface area (Å²) in [5, 5.41) is 17.0. The van der Waals surface area contributed by atoms with Crippen LogP contribution < -0.4 is 5.56 Å². The third-order valence-corrected chi connectivity index (χ3v) is 5.52. The van der Waals surface area contributed by atoms with Crippen LogP contribution in [0.15, 0.2) is 81.0 Å². The molecule has 0 radical (unpaired) electrons. The number of halogens is 2. The summed E-state index contributed by atoms with van der Waals surface area (Å²) in [6.45, 7) is 0. The third kappa shape index (κ3) is 3.86. The van der Waals surface area contributed by atoms with Gasteiger partial charge >= 0.3 is 0 Å². The smallest absolute Gasteiger partial charge is 0.282 e. The number of nitro benzene ring substituents is 1. The van der Waals surface area contributed by atoms with Crippen molar-refractivity contribution >= 4 is 57.0 Å². The fraction of sp³-hybridized carbons (Fsp3) is 0. The molecule has 5 rings (SSSR count). The van der Waals surface area contributed by atoms with Gasteiger partial charge in [-0.15, -0.1) is 0 Å². The van der Waals surface area contributed by atoms with E-state index in [1.165, 1.54) is 24.4 Å². The third-order valence-electron chi connectivity index (χ3n) is 4.96. The van der Waals surface area contributed by atoms with E-state index >= 15 is 0 Å². The van der Waals surface area contributed by atoms with Crippen LogP contribution in [0.2, 0.25) is 10.0 Å². The number of rotatable bonds is 4. The van der Waals surface area contributed by atoms with E-state index in [0.717, 1.165) is 10.1 Å². The lowest BCUT2D eigenvalue weighted by atomic mass is 10.2. The van der Waals surface area contributed by atoms with Gasteiger partial charge in [-0.25, -0.2) is 4.98 Å². The maximum Gasteiger partial charge on any atom is 0.282 e. The zero-order chi connectivity index (χ0) is 23.1. The van der Waals surface area contributed by atoms with Gasteiger partial charge in [-0.05, 0) is 42.5 Å². The summed E-state index contributed by atoms with van der Waals surface area (Å²) in [7, 11) is 0. The van der Waals surface area contributed by atoms with Gasteiger partial charge in [-0.2, -0.15) is 9.78 Å². The first-order valence-electron chi connectivity index (χ1n) is 9.60. The van der Waals surface area contributed by atoms with Crippen LogP contribution in [0.4, 0.5) is 5.69 Å². The number of aromatic nitrogens is 2. The summed E-state index contributed by atoms with van der Waals surface area (Å²) in [6.07, 6.45) is 1.34.